The minimum absolute atomic E-state index is 0.460. The molecule has 3 rings (SSSR count). The zero-order valence-electron chi connectivity index (χ0n) is 16.2. The highest BCUT2D eigenvalue weighted by Crippen LogP contribution is 2.22. The van der Waals surface area contributed by atoms with E-state index >= 15 is 0 Å². The molecule has 0 spiro atoms. The minimum Gasteiger partial charge on any atom is -0.457 e. The van der Waals surface area contributed by atoms with Crippen LogP contribution in [0.1, 0.15) is 12.5 Å². The monoisotopic (exact) mass is 389 g/mol. The Hall–Kier alpha value is -3.67. The Balaban J connectivity index is 1.54. The molecule has 0 aliphatic heterocycles. The van der Waals surface area contributed by atoms with Crippen LogP contribution < -0.4 is 10.1 Å². The standard InChI is InChI=1S/C23H23N3O3/c1-2-26(17-14-18-12-15-24-16-13-18)23(28)22(27)25-19-8-10-21(11-9-19)29-20-6-4-3-5-7-20/h3-13,15-16H,2,14,17H2,1H3,(H,25,27). The molecule has 0 unspecified atom stereocenters. The Morgan fingerprint density at radius 1 is 0.931 bits per heavy atom. The van der Waals surface area contributed by atoms with Crippen LogP contribution in [0.5, 0.6) is 11.5 Å². The molecule has 148 valence electrons. The Kier molecular flexibility index (Phi) is 6.95. The van der Waals surface area contributed by atoms with Crippen molar-refractivity contribution in [1.82, 2.24) is 9.88 Å². The van der Waals surface area contributed by atoms with E-state index in [-0.39, 0.29) is 0 Å². The first-order valence-electron chi connectivity index (χ1n) is 9.48. The summed E-state index contributed by atoms with van der Waals surface area (Å²) in [4.78, 5) is 30.4. The second kappa shape index (κ2) is 10.0. The number of ether oxygens (including phenoxy) is 1. The first-order chi connectivity index (χ1) is 14.2. The fraction of sp³-hybridized carbons (Fsp3) is 0.174. The van der Waals surface area contributed by atoms with E-state index < -0.39 is 11.8 Å². The molecule has 0 aliphatic carbocycles. The van der Waals surface area contributed by atoms with Gasteiger partial charge < -0.3 is 15.0 Å². The van der Waals surface area contributed by atoms with E-state index in [1.54, 1.807) is 36.7 Å². The lowest BCUT2D eigenvalue weighted by Crippen LogP contribution is -2.40. The highest BCUT2D eigenvalue weighted by atomic mass is 16.5. The summed E-state index contributed by atoms with van der Waals surface area (Å²) in [7, 11) is 0. The maximum absolute atomic E-state index is 12.5. The molecular weight excluding hydrogens is 366 g/mol. The lowest BCUT2D eigenvalue weighted by atomic mass is 10.2. The van der Waals surface area contributed by atoms with E-state index in [1.165, 1.54) is 4.90 Å². The van der Waals surface area contributed by atoms with Gasteiger partial charge in [-0.1, -0.05) is 18.2 Å². The van der Waals surface area contributed by atoms with Crippen LogP contribution in [0.2, 0.25) is 0 Å². The lowest BCUT2D eigenvalue weighted by Gasteiger charge is -2.20. The normalized spacial score (nSPS) is 10.2. The third kappa shape index (κ3) is 5.90. The van der Waals surface area contributed by atoms with Gasteiger partial charge in [-0.25, -0.2) is 0 Å². The van der Waals surface area contributed by atoms with Crippen LogP contribution in [0, 0.1) is 0 Å². The van der Waals surface area contributed by atoms with Crippen molar-refractivity contribution in [3.05, 3.63) is 84.7 Å². The molecule has 3 aromatic rings. The molecule has 6 nitrogen and oxygen atoms in total. The van der Waals surface area contributed by atoms with Gasteiger partial charge in [0.2, 0.25) is 0 Å². The molecular formula is C23H23N3O3. The molecule has 1 aromatic heterocycles. The second-order valence-corrected chi connectivity index (χ2v) is 6.38. The van der Waals surface area contributed by atoms with Crippen molar-refractivity contribution < 1.29 is 14.3 Å². The number of rotatable bonds is 7. The van der Waals surface area contributed by atoms with Gasteiger partial charge in [0.25, 0.3) is 0 Å². The van der Waals surface area contributed by atoms with Crippen LogP contribution in [0.15, 0.2) is 79.1 Å². The zero-order valence-corrected chi connectivity index (χ0v) is 16.2. The number of amides is 2. The lowest BCUT2D eigenvalue weighted by molar-refractivity contribution is -0.143. The average Bonchev–Trinajstić information content (AvgIpc) is 2.77. The van der Waals surface area contributed by atoms with Gasteiger partial charge in [0.05, 0.1) is 0 Å². The van der Waals surface area contributed by atoms with Crippen molar-refractivity contribution >= 4 is 17.5 Å². The highest BCUT2D eigenvalue weighted by Gasteiger charge is 2.20. The quantitative estimate of drug-likeness (QED) is 0.622. The number of benzene rings is 2. The largest absolute Gasteiger partial charge is 0.457 e. The number of pyridine rings is 1. The van der Waals surface area contributed by atoms with E-state index in [4.69, 9.17) is 4.74 Å². The summed E-state index contributed by atoms with van der Waals surface area (Å²) >= 11 is 0. The van der Waals surface area contributed by atoms with Gasteiger partial charge in [-0.05, 0) is 67.4 Å². The zero-order chi connectivity index (χ0) is 20.5. The summed E-state index contributed by atoms with van der Waals surface area (Å²) in [6.07, 6.45) is 4.09. The van der Waals surface area contributed by atoms with E-state index in [2.05, 4.69) is 10.3 Å². The van der Waals surface area contributed by atoms with Crippen LogP contribution in [0.25, 0.3) is 0 Å². The van der Waals surface area contributed by atoms with Crippen LogP contribution in [0.3, 0.4) is 0 Å². The van der Waals surface area contributed by atoms with Crippen LogP contribution >= 0.6 is 0 Å². The fourth-order valence-electron chi connectivity index (χ4n) is 2.78. The molecule has 0 fully saturated rings. The SMILES string of the molecule is CCN(CCc1ccncc1)C(=O)C(=O)Nc1ccc(Oc2ccccc2)cc1. The average molecular weight is 389 g/mol. The first-order valence-corrected chi connectivity index (χ1v) is 9.48. The summed E-state index contributed by atoms with van der Waals surface area (Å²) in [6, 6.07) is 20.1. The second-order valence-electron chi connectivity index (χ2n) is 6.38. The smallest absolute Gasteiger partial charge is 0.313 e. The van der Waals surface area contributed by atoms with Crippen LogP contribution in [-0.4, -0.2) is 34.8 Å². The highest BCUT2D eigenvalue weighted by molar-refractivity contribution is 6.39. The van der Waals surface area contributed by atoms with E-state index in [9.17, 15) is 9.59 Å². The molecule has 0 atom stereocenters. The molecule has 29 heavy (non-hydrogen) atoms. The number of hydrogen-bond donors (Lipinski definition) is 1. The van der Waals surface area contributed by atoms with Gasteiger partial charge in [0, 0.05) is 31.2 Å². The Morgan fingerprint density at radius 2 is 1.59 bits per heavy atom. The number of aromatic nitrogens is 1. The molecule has 2 aromatic carbocycles. The van der Waals surface area contributed by atoms with Crippen molar-refractivity contribution in [2.75, 3.05) is 18.4 Å². The molecule has 0 aliphatic rings. The molecule has 0 saturated heterocycles. The number of anilines is 1. The van der Waals surface area contributed by atoms with Crippen LogP contribution in [-0.2, 0) is 16.0 Å². The number of nitrogens with one attached hydrogen (secondary N) is 1. The summed E-state index contributed by atoms with van der Waals surface area (Å²) in [6.45, 7) is 2.78. The molecule has 1 N–H and O–H groups in total. The Labute approximate surface area is 170 Å². The van der Waals surface area contributed by atoms with Crippen molar-refractivity contribution in [1.29, 1.82) is 0 Å². The summed E-state index contributed by atoms with van der Waals surface area (Å²) in [5.41, 5.74) is 1.61. The molecule has 2 amide bonds. The number of carbonyl (C=O) groups is 2. The van der Waals surface area contributed by atoms with Crippen molar-refractivity contribution in [3.8, 4) is 11.5 Å². The summed E-state index contributed by atoms with van der Waals surface area (Å²) < 4.78 is 5.72. The Bertz CT molecular complexity index is 929. The van der Waals surface area contributed by atoms with E-state index in [0.717, 1.165) is 11.3 Å². The number of para-hydroxylation sites is 1. The topological polar surface area (TPSA) is 71.5 Å². The summed E-state index contributed by atoms with van der Waals surface area (Å²) in [5, 5.41) is 2.65. The number of likely N-dealkylation sites (N-methyl/N-ethyl adjacent to an activating group) is 1. The van der Waals surface area contributed by atoms with Gasteiger partial charge in [-0.2, -0.15) is 0 Å². The molecule has 6 heteroatoms. The van der Waals surface area contributed by atoms with Gasteiger partial charge in [0.1, 0.15) is 11.5 Å². The van der Waals surface area contributed by atoms with Gasteiger partial charge in [-0.15, -0.1) is 0 Å². The third-order valence-electron chi connectivity index (χ3n) is 4.37. The maximum Gasteiger partial charge on any atom is 0.313 e. The van der Waals surface area contributed by atoms with Gasteiger partial charge >= 0.3 is 11.8 Å². The van der Waals surface area contributed by atoms with Gasteiger partial charge in [0.15, 0.2) is 0 Å². The third-order valence-corrected chi connectivity index (χ3v) is 4.37. The number of carbonyl (C=O) groups excluding carboxylic acids is 2. The van der Waals surface area contributed by atoms with Crippen molar-refractivity contribution in [2.24, 2.45) is 0 Å². The van der Waals surface area contributed by atoms with Crippen molar-refractivity contribution in [2.45, 2.75) is 13.3 Å². The van der Waals surface area contributed by atoms with Crippen LogP contribution in [0.4, 0.5) is 5.69 Å². The molecule has 0 bridgehead atoms. The first kappa shape index (κ1) is 20.1. The van der Waals surface area contributed by atoms with E-state index in [1.807, 2.05) is 49.4 Å². The maximum atomic E-state index is 12.5. The Morgan fingerprint density at radius 3 is 2.24 bits per heavy atom. The predicted molar refractivity (Wildman–Crippen MR) is 112 cm³/mol. The number of nitrogens with zero attached hydrogens (tertiary/aromatic N) is 2. The minimum atomic E-state index is -0.654. The summed E-state index contributed by atoms with van der Waals surface area (Å²) in [5.74, 6) is 0.171. The molecule has 0 radical (unpaired) electrons. The fourth-order valence-corrected chi connectivity index (χ4v) is 2.78. The van der Waals surface area contributed by atoms with Crippen molar-refractivity contribution in [3.63, 3.8) is 0 Å². The van der Waals surface area contributed by atoms with E-state index in [0.29, 0.717) is 30.9 Å². The number of hydrogen-bond acceptors (Lipinski definition) is 4. The van der Waals surface area contributed by atoms with Gasteiger partial charge in [-0.3, -0.25) is 14.6 Å². The predicted octanol–water partition coefficient (Wildman–Crippen LogP) is 3.90. The molecule has 1 heterocycles. The molecule has 0 saturated carbocycles.